The number of hydrogen-bond donors (Lipinski definition) is 0. The van der Waals surface area contributed by atoms with Gasteiger partial charge < -0.3 is 0 Å². The van der Waals surface area contributed by atoms with Gasteiger partial charge >= 0.3 is 0 Å². The molecule has 0 saturated heterocycles. The lowest BCUT2D eigenvalue weighted by Crippen LogP contribution is -1.80. The molecule has 48 valence electrons. The van der Waals surface area contributed by atoms with Crippen LogP contribution >= 0.6 is 11.5 Å². The molecule has 9 heavy (non-hydrogen) atoms. The van der Waals surface area contributed by atoms with Crippen molar-refractivity contribution in [3.05, 3.63) is 10.6 Å². The fraction of sp³-hybridized carbons (Fsp3) is 0.667. The summed E-state index contributed by atoms with van der Waals surface area (Å²) in [5, 5.41) is 4.05. The van der Waals surface area contributed by atoms with E-state index in [1.54, 1.807) is 0 Å². The topological polar surface area (TPSA) is 25.8 Å². The van der Waals surface area contributed by atoms with E-state index < -0.39 is 0 Å². The van der Waals surface area contributed by atoms with Gasteiger partial charge in [0.1, 0.15) is 0 Å². The minimum absolute atomic E-state index is 0.767. The Hall–Kier alpha value is -0.440. The molecule has 0 amide bonds. The largest absolute Gasteiger partial charge is 0.143 e. The first-order valence-electron chi connectivity index (χ1n) is 3.17. The molecule has 3 heteroatoms. The molecule has 1 aromatic rings. The Labute approximate surface area is 58.1 Å². The summed E-state index contributed by atoms with van der Waals surface area (Å²) in [7, 11) is 0. The first-order valence-corrected chi connectivity index (χ1v) is 3.94. The maximum Gasteiger partial charge on any atom is 0.0815 e. The second-order valence-electron chi connectivity index (χ2n) is 2.49. The van der Waals surface area contributed by atoms with Crippen LogP contribution in [0.15, 0.2) is 0 Å². The molecule has 1 saturated carbocycles. The summed E-state index contributed by atoms with van der Waals surface area (Å²) in [6.07, 6.45) is 2.65. The predicted octanol–water partition coefficient (Wildman–Crippen LogP) is 1.72. The van der Waals surface area contributed by atoms with Gasteiger partial charge in [-0.25, -0.2) is 0 Å². The highest BCUT2D eigenvalue weighted by Crippen LogP contribution is 2.40. The number of aryl methyl sites for hydroxylation is 1. The van der Waals surface area contributed by atoms with Gasteiger partial charge in [-0.1, -0.05) is 4.49 Å². The van der Waals surface area contributed by atoms with E-state index in [0.717, 1.165) is 5.92 Å². The Morgan fingerprint density at radius 3 is 2.78 bits per heavy atom. The highest BCUT2D eigenvalue weighted by atomic mass is 32.1. The van der Waals surface area contributed by atoms with E-state index in [9.17, 15) is 0 Å². The summed E-state index contributed by atoms with van der Waals surface area (Å²) in [6.45, 7) is 2.10. The van der Waals surface area contributed by atoms with Gasteiger partial charge in [-0.3, -0.25) is 0 Å². The Kier molecular flexibility index (Phi) is 1.05. The van der Waals surface area contributed by atoms with E-state index in [0.29, 0.717) is 0 Å². The Bertz CT molecular complexity index is 215. The van der Waals surface area contributed by atoms with E-state index in [4.69, 9.17) is 0 Å². The van der Waals surface area contributed by atoms with Gasteiger partial charge in [0, 0.05) is 10.8 Å². The minimum Gasteiger partial charge on any atom is -0.143 e. The van der Waals surface area contributed by atoms with E-state index in [1.165, 1.54) is 34.9 Å². The third-order valence-corrected chi connectivity index (χ3v) is 2.30. The molecular formula is C6H8N2S. The van der Waals surface area contributed by atoms with Gasteiger partial charge in [0.2, 0.25) is 0 Å². The van der Waals surface area contributed by atoms with Crippen LogP contribution in [0.25, 0.3) is 0 Å². The molecule has 1 aliphatic carbocycles. The summed E-state index contributed by atoms with van der Waals surface area (Å²) >= 11 is 1.51. The van der Waals surface area contributed by atoms with Crippen molar-refractivity contribution in [2.75, 3.05) is 0 Å². The number of nitrogens with zero attached hydrogens (tertiary/aromatic N) is 2. The summed E-state index contributed by atoms with van der Waals surface area (Å²) in [4.78, 5) is 1.30. The van der Waals surface area contributed by atoms with Crippen molar-refractivity contribution in [2.24, 2.45) is 0 Å². The lowest BCUT2D eigenvalue weighted by Gasteiger charge is -1.86. The van der Waals surface area contributed by atoms with Crippen LogP contribution in [0.5, 0.6) is 0 Å². The Morgan fingerprint density at radius 2 is 2.33 bits per heavy atom. The van der Waals surface area contributed by atoms with Crippen LogP contribution in [0.3, 0.4) is 0 Å². The van der Waals surface area contributed by atoms with Crippen molar-refractivity contribution in [3.8, 4) is 0 Å². The van der Waals surface area contributed by atoms with E-state index >= 15 is 0 Å². The standard InChI is InChI=1S/C6H8N2S/c1-4-6(5-2-3-5)7-8-9-4/h5H,2-3H2,1H3. The molecule has 2 rings (SSSR count). The molecule has 0 aliphatic heterocycles. The number of hydrogen-bond acceptors (Lipinski definition) is 3. The zero-order valence-electron chi connectivity index (χ0n) is 5.29. The molecule has 0 bridgehead atoms. The van der Waals surface area contributed by atoms with E-state index in [1.807, 2.05) is 0 Å². The highest BCUT2D eigenvalue weighted by molar-refractivity contribution is 7.05. The van der Waals surface area contributed by atoms with Crippen LogP contribution in [-0.2, 0) is 0 Å². The first-order chi connectivity index (χ1) is 4.38. The van der Waals surface area contributed by atoms with Crippen molar-refractivity contribution in [1.29, 1.82) is 0 Å². The molecular weight excluding hydrogens is 132 g/mol. The molecule has 2 nitrogen and oxygen atoms in total. The third kappa shape index (κ3) is 0.852. The molecule has 1 aromatic heterocycles. The van der Waals surface area contributed by atoms with Crippen LogP contribution in [-0.4, -0.2) is 9.59 Å². The minimum atomic E-state index is 0.767. The zero-order chi connectivity index (χ0) is 6.27. The fourth-order valence-electron chi connectivity index (χ4n) is 0.969. The van der Waals surface area contributed by atoms with Crippen LogP contribution in [0.2, 0.25) is 0 Å². The quantitative estimate of drug-likeness (QED) is 0.593. The molecule has 0 N–H and O–H groups in total. The molecule has 1 aliphatic rings. The van der Waals surface area contributed by atoms with E-state index in [2.05, 4.69) is 16.5 Å². The van der Waals surface area contributed by atoms with E-state index in [-0.39, 0.29) is 0 Å². The van der Waals surface area contributed by atoms with Crippen LogP contribution in [0.4, 0.5) is 0 Å². The number of rotatable bonds is 1. The van der Waals surface area contributed by atoms with Crippen molar-refractivity contribution < 1.29 is 0 Å². The van der Waals surface area contributed by atoms with Crippen LogP contribution < -0.4 is 0 Å². The Balaban J connectivity index is 2.35. The molecule has 1 heterocycles. The summed E-state index contributed by atoms with van der Waals surface area (Å²) in [5.41, 5.74) is 1.25. The van der Waals surface area contributed by atoms with Gasteiger partial charge in [-0.15, -0.1) is 5.10 Å². The van der Waals surface area contributed by atoms with Crippen molar-refractivity contribution in [3.63, 3.8) is 0 Å². The summed E-state index contributed by atoms with van der Waals surface area (Å²) in [5.74, 6) is 0.767. The summed E-state index contributed by atoms with van der Waals surface area (Å²) in [6, 6.07) is 0. The highest BCUT2D eigenvalue weighted by Gasteiger charge is 2.27. The molecule has 0 spiro atoms. The second kappa shape index (κ2) is 1.77. The van der Waals surface area contributed by atoms with Gasteiger partial charge in [0.25, 0.3) is 0 Å². The average molecular weight is 140 g/mol. The molecule has 0 radical (unpaired) electrons. The third-order valence-electron chi connectivity index (χ3n) is 1.65. The van der Waals surface area contributed by atoms with Gasteiger partial charge in [0.15, 0.2) is 0 Å². The molecule has 0 aromatic carbocycles. The maximum atomic E-state index is 4.05. The Morgan fingerprint density at radius 1 is 1.56 bits per heavy atom. The molecule has 0 atom stereocenters. The second-order valence-corrected chi connectivity index (χ2v) is 3.45. The predicted molar refractivity (Wildman–Crippen MR) is 36.6 cm³/mol. The zero-order valence-corrected chi connectivity index (χ0v) is 6.11. The fourth-order valence-corrected chi connectivity index (χ4v) is 1.52. The molecule has 0 unspecified atom stereocenters. The van der Waals surface area contributed by atoms with Crippen molar-refractivity contribution in [2.45, 2.75) is 25.7 Å². The van der Waals surface area contributed by atoms with Crippen molar-refractivity contribution >= 4 is 11.5 Å². The monoisotopic (exact) mass is 140 g/mol. The first kappa shape index (κ1) is 5.35. The lowest BCUT2D eigenvalue weighted by atomic mass is 10.3. The van der Waals surface area contributed by atoms with Crippen LogP contribution in [0, 0.1) is 6.92 Å². The normalized spacial score (nSPS) is 18.3. The smallest absolute Gasteiger partial charge is 0.0815 e. The summed E-state index contributed by atoms with van der Waals surface area (Å²) < 4.78 is 3.87. The van der Waals surface area contributed by atoms with Crippen molar-refractivity contribution in [1.82, 2.24) is 9.59 Å². The number of aromatic nitrogens is 2. The van der Waals surface area contributed by atoms with Crippen LogP contribution in [0.1, 0.15) is 29.3 Å². The average Bonchev–Trinajstić information content (AvgIpc) is 2.58. The maximum absolute atomic E-state index is 4.05. The lowest BCUT2D eigenvalue weighted by molar-refractivity contribution is 0.968. The molecule has 1 fully saturated rings. The van der Waals surface area contributed by atoms with Gasteiger partial charge in [-0.05, 0) is 31.3 Å². The van der Waals surface area contributed by atoms with Gasteiger partial charge in [0.05, 0.1) is 5.69 Å². The SMILES string of the molecule is Cc1snnc1C1CC1. The van der Waals surface area contributed by atoms with Gasteiger partial charge in [-0.2, -0.15) is 0 Å².